The van der Waals surface area contributed by atoms with Crippen molar-refractivity contribution >= 4 is 23.5 Å². The van der Waals surface area contributed by atoms with Crippen LogP contribution in [-0.4, -0.2) is 58.9 Å². The van der Waals surface area contributed by atoms with E-state index >= 15 is 0 Å². The molecule has 1 aromatic rings. The summed E-state index contributed by atoms with van der Waals surface area (Å²) in [6.07, 6.45) is 0. The van der Waals surface area contributed by atoms with Gasteiger partial charge in [-0.3, -0.25) is 14.4 Å². The fraction of sp³-hybridized carbons (Fsp3) is 0.500. The predicted octanol–water partition coefficient (Wildman–Crippen LogP) is -0.388. The molecule has 2 heterocycles. The van der Waals surface area contributed by atoms with Crippen LogP contribution in [0.4, 0.5) is 5.82 Å². The van der Waals surface area contributed by atoms with Gasteiger partial charge in [0.15, 0.2) is 5.82 Å². The van der Waals surface area contributed by atoms with Crippen molar-refractivity contribution < 1.29 is 18.9 Å². The zero-order chi connectivity index (χ0) is 14.7. The summed E-state index contributed by atoms with van der Waals surface area (Å²) in [4.78, 5) is 38.0. The maximum atomic E-state index is 11.8. The molecule has 0 atom stereocenters. The molecule has 20 heavy (non-hydrogen) atoms. The molecule has 1 aromatic heterocycles. The molecule has 0 aliphatic carbocycles. The molecule has 0 saturated carbocycles. The van der Waals surface area contributed by atoms with Gasteiger partial charge in [-0.25, -0.2) is 0 Å². The van der Waals surface area contributed by atoms with Gasteiger partial charge in [-0.05, 0) is 13.8 Å². The molecule has 0 aromatic carbocycles. The highest BCUT2D eigenvalue weighted by molar-refractivity contribution is 6.35. The van der Waals surface area contributed by atoms with E-state index in [0.29, 0.717) is 31.2 Å². The monoisotopic (exact) mass is 280 g/mol. The number of rotatable bonds is 4. The second-order valence-corrected chi connectivity index (χ2v) is 4.48. The van der Waals surface area contributed by atoms with Crippen molar-refractivity contribution in [3.63, 3.8) is 0 Å². The van der Waals surface area contributed by atoms with Gasteiger partial charge in [0, 0.05) is 25.7 Å². The van der Waals surface area contributed by atoms with Gasteiger partial charge in [0.25, 0.3) is 0 Å². The fourth-order valence-corrected chi connectivity index (χ4v) is 1.95. The van der Waals surface area contributed by atoms with E-state index < -0.39 is 17.7 Å². The molecular formula is C12H16N4O4. The van der Waals surface area contributed by atoms with E-state index in [2.05, 4.69) is 10.5 Å². The number of amides is 3. The number of piperazine rings is 1. The van der Waals surface area contributed by atoms with Crippen LogP contribution in [0.25, 0.3) is 0 Å². The van der Waals surface area contributed by atoms with Crippen LogP contribution in [0.1, 0.15) is 12.7 Å². The van der Waals surface area contributed by atoms with Gasteiger partial charge in [0.05, 0.1) is 0 Å². The van der Waals surface area contributed by atoms with Crippen molar-refractivity contribution in [2.24, 2.45) is 0 Å². The summed E-state index contributed by atoms with van der Waals surface area (Å²) in [5.41, 5.74) is 0. The Morgan fingerprint density at radius 3 is 2.60 bits per heavy atom. The molecule has 0 radical (unpaired) electrons. The van der Waals surface area contributed by atoms with E-state index in [1.165, 1.54) is 9.80 Å². The highest BCUT2D eigenvalue weighted by Gasteiger charge is 2.32. The number of aryl methyl sites for hydroxylation is 1. The Bertz CT molecular complexity index is 539. The first-order valence-corrected chi connectivity index (χ1v) is 6.32. The average Bonchev–Trinajstić information content (AvgIpc) is 2.80. The summed E-state index contributed by atoms with van der Waals surface area (Å²) in [7, 11) is 0. The minimum atomic E-state index is -0.649. The van der Waals surface area contributed by atoms with Crippen LogP contribution in [0, 0.1) is 6.92 Å². The first-order chi connectivity index (χ1) is 9.51. The quantitative estimate of drug-likeness (QED) is 0.758. The first-order valence-electron chi connectivity index (χ1n) is 6.32. The molecule has 1 aliphatic heterocycles. The number of anilines is 1. The van der Waals surface area contributed by atoms with E-state index in [-0.39, 0.29) is 6.54 Å². The minimum Gasteiger partial charge on any atom is -0.360 e. The van der Waals surface area contributed by atoms with Gasteiger partial charge in [0.1, 0.15) is 12.3 Å². The Kier molecular flexibility index (Phi) is 4.02. The number of nitrogens with zero attached hydrogens (tertiary/aromatic N) is 3. The van der Waals surface area contributed by atoms with Crippen LogP contribution < -0.4 is 5.32 Å². The molecule has 1 N–H and O–H groups in total. The number of carbonyl (C=O) groups is 3. The Morgan fingerprint density at radius 1 is 1.35 bits per heavy atom. The lowest BCUT2D eigenvalue weighted by Crippen LogP contribution is -2.55. The van der Waals surface area contributed by atoms with Crippen LogP contribution in [0.2, 0.25) is 0 Å². The van der Waals surface area contributed by atoms with Gasteiger partial charge >= 0.3 is 11.8 Å². The van der Waals surface area contributed by atoms with Crippen LogP contribution in [0.5, 0.6) is 0 Å². The molecular weight excluding hydrogens is 264 g/mol. The number of hydrogen-bond acceptors (Lipinski definition) is 5. The normalized spacial score (nSPS) is 15.7. The molecule has 8 nitrogen and oxygen atoms in total. The lowest BCUT2D eigenvalue weighted by Gasteiger charge is -2.32. The van der Waals surface area contributed by atoms with Crippen molar-refractivity contribution in [2.75, 3.05) is 31.5 Å². The molecule has 1 fully saturated rings. The van der Waals surface area contributed by atoms with Crippen molar-refractivity contribution in [2.45, 2.75) is 13.8 Å². The molecule has 2 rings (SSSR count). The average molecular weight is 280 g/mol. The molecule has 8 heteroatoms. The molecule has 1 aliphatic rings. The number of carbonyl (C=O) groups excluding carboxylic acids is 3. The summed E-state index contributed by atoms with van der Waals surface area (Å²) in [6.45, 7) is 4.62. The maximum Gasteiger partial charge on any atom is 0.312 e. The van der Waals surface area contributed by atoms with E-state index in [0.717, 1.165) is 0 Å². The topological polar surface area (TPSA) is 95.8 Å². The highest BCUT2D eigenvalue weighted by Crippen LogP contribution is 2.08. The SMILES string of the molecule is CCN1CCN(CC(=O)Nc2cc(C)on2)C(=O)C1=O. The predicted molar refractivity (Wildman–Crippen MR) is 68.7 cm³/mol. The number of nitrogens with one attached hydrogen (secondary N) is 1. The summed E-state index contributed by atoms with van der Waals surface area (Å²) < 4.78 is 4.82. The number of hydrogen-bond donors (Lipinski definition) is 1. The van der Waals surface area contributed by atoms with Crippen LogP contribution in [-0.2, 0) is 14.4 Å². The van der Waals surface area contributed by atoms with Crippen LogP contribution in [0.15, 0.2) is 10.6 Å². The summed E-state index contributed by atoms with van der Waals surface area (Å²) in [6, 6.07) is 1.57. The summed E-state index contributed by atoms with van der Waals surface area (Å²) in [5.74, 6) is -0.764. The van der Waals surface area contributed by atoms with Crippen LogP contribution >= 0.6 is 0 Å². The second kappa shape index (κ2) is 5.72. The van der Waals surface area contributed by atoms with Crippen molar-refractivity contribution in [3.8, 4) is 0 Å². The highest BCUT2D eigenvalue weighted by atomic mass is 16.5. The summed E-state index contributed by atoms with van der Waals surface area (Å²) >= 11 is 0. The van der Waals surface area contributed by atoms with Gasteiger partial charge < -0.3 is 19.6 Å². The molecule has 1 saturated heterocycles. The Balaban J connectivity index is 1.91. The summed E-state index contributed by atoms with van der Waals surface area (Å²) in [5, 5.41) is 6.13. The van der Waals surface area contributed by atoms with E-state index in [1.807, 2.05) is 0 Å². The molecule has 0 bridgehead atoms. The molecule has 108 valence electrons. The minimum absolute atomic E-state index is 0.173. The molecule has 0 unspecified atom stereocenters. The lowest BCUT2D eigenvalue weighted by molar-refractivity contribution is -0.156. The van der Waals surface area contributed by atoms with Gasteiger partial charge in [-0.1, -0.05) is 5.16 Å². The molecule has 3 amide bonds. The smallest absolute Gasteiger partial charge is 0.312 e. The standard InChI is InChI=1S/C12H16N4O4/c1-3-15-4-5-16(12(19)11(15)18)7-10(17)13-9-6-8(2)20-14-9/h6H,3-5,7H2,1-2H3,(H,13,14,17). The zero-order valence-corrected chi connectivity index (χ0v) is 11.4. The fourth-order valence-electron chi connectivity index (χ4n) is 1.95. The maximum absolute atomic E-state index is 11.8. The second-order valence-electron chi connectivity index (χ2n) is 4.48. The van der Waals surface area contributed by atoms with Gasteiger partial charge in [-0.15, -0.1) is 0 Å². The van der Waals surface area contributed by atoms with E-state index in [9.17, 15) is 14.4 Å². The number of likely N-dealkylation sites (N-methyl/N-ethyl adjacent to an activating group) is 1. The first kappa shape index (κ1) is 14.0. The van der Waals surface area contributed by atoms with Crippen molar-refractivity contribution in [1.29, 1.82) is 0 Å². The lowest BCUT2D eigenvalue weighted by atomic mass is 10.3. The van der Waals surface area contributed by atoms with Crippen molar-refractivity contribution in [3.05, 3.63) is 11.8 Å². The molecule has 0 spiro atoms. The third-order valence-electron chi connectivity index (χ3n) is 3.01. The largest absolute Gasteiger partial charge is 0.360 e. The van der Waals surface area contributed by atoms with Gasteiger partial charge in [-0.2, -0.15) is 0 Å². The van der Waals surface area contributed by atoms with Crippen LogP contribution in [0.3, 0.4) is 0 Å². The third kappa shape index (κ3) is 2.95. The van der Waals surface area contributed by atoms with Gasteiger partial charge in [0.2, 0.25) is 5.91 Å². The van der Waals surface area contributed by atoms with E-state index in [1.54, 1.807) is 19.9 Å². The Hall–Kier alpha value is -2.38. The Morgan fingerprint density at radius 2 is 2.00 bits per heavy atom. The Labute approximate surface area is 115 Å². The van der Waals surface area contributed by atoms with E-state index in [4.69, 9.17) is 4.52 Å². The number of aromatic nitrogens is 1. The zero-order valence-electron chi connectivity index (χ0n) is 11.4. The third-order valence-corrected chi connectivity index (χ3v) is 3.01. The van der Waals surface area contributed by atoms with Crippen molar-refractivity contribution in [1.82, 2.24) is 15.0 Å².